The summed E-state index contributed by atoms with van der Waals surface area (Å²) < 4.78 is 39.0. The Bertz CT molecular complexity index is 766. The van der Waals surface area contributed by atoms with E-state index in [0.717, 1.165) is 7.05 Å². The van der Waals surface area contributed by atoms with E-state index in [4.69, 9.17) is 11.6 Å². The normalized spacial score (nSPS) is 11.1. The summed E-state index contributed by atoms with van der Waals surface area (Å²) in [6.07, 6.45) is -4.78. The van der Waals surface area contributed by atoms with Gasteiger partial charge < -0.3 is 0 Å². The fourth-order valence-corrected chi connectivity index (χ4v) is 1.79. The molecule has 0 unspecified atom stereocenters. The molecule has 0 bridgehead atoms. The van der Waals surface area contributed by atoms with E-state index in [1.807, 2.05) is 0 Å². The molecule has 0 radical (unpaired) electrons. The van der Waals surface area contributed by atoms with Gasteiger partial charge in [-0.25, -0.2) is 4.79 Å². The van der Waals surface area contributed by atoms with Crippen LogP contribution < -0.4 is 11.2 Å². The van der Waals surface area contributed by atoms with Crippen molar-refractivity contribution in [3.63, 3.8) is 0 Å². The molecule has 0 amide bonds. The van der Waals surface area contributed by atoms with Crippen LogP contribution in [0.3, 0.4) is 0 Å². The van der Waals surface area contributed by atoms with Crippen molar-refractivity contribution >= 4 is 11.6 Å². The smallest absolute Gasteiger partial charge is 0.293 e. The average molecular weight is 487 g/mol. The number of halogens is 4. The van der Waals surface area contributed by atoms with Crippen LogP contribution in [0.2, 0.25) is 5.02 Å². The molecule has 0 fully saturated rings. The van der Waals surface area contributed by atoms with Crippen molar-refractivity contribution in [3.05, 3.63) is 61.9 Å². The van der Waals surface area contributed by atoms with Crippen LogP contribution in [0.5, 0.6) is 0 Å². The quantitative estimate of drug-likeness (QED) is 0.578. The molecule has 0 aliphatic heterocycles. The number of alkyl halides is 3. The topological polar surface area (TPSA) is 44.0 Å². The zero-order valence-corrected chi connectivity index (χ0v) is 14.1. The zero-order valence-electron chi connectivity index (χ0n) is 10.4. The third-order valence-corrected chi connectivity index (χ3v) is 2.86. The molecular weight excluding hydrogens is 480 g/mol. The summed E-state index contributed by atoms with van der Waals surface area (Å²) in [5, 5.41) is 0.255. The number of benzene rings is 1. The minimum Gasteiger partial charge on any atom is -0.293 e. The first-order valence-electron chi connectivity index (χ1n) is 5.29. The summed E-state index contributed by atoms with van der Waals surface area (Å²) in [7, 11) is 0.945. The molecule has 1 heterocycles. The third kappa shape index (κ3) is 3.47. The first-order valence-corrected chi connectivity index (χ1v) is 5.67. The zero-order chi connectivity index (χ0) is 15.1. The maximum atomic E-state index is 12.7. The van der Waals surface area contributed by atoms with Crippen molar-refractivity contribution in [2.45, 2.75) is 6.18 Å². The van der Waals surface area contributed by atoms with Gasteiger partial charge in [-0.1, -0.05) is 10.7 Å². The van der Waals surface area contributed by atoms with Crippen LogP contribution in [0.15, 0.2) is 33.9 Å². The van der Waals surface area contributed by atoms with Crippen LogP contribution in [0.4, 0.5) is 13.2 Å². The Morgan fingerprint density at radius 1 is 1.24 bits per heavy atom. The second-order valence-electron chi connectivity index (χ2n) is 3.94. The molecule has 0 atom stereocenters. The second-order valence-corrected chi connectivity index (χ2v) is 4.34. The molecule has 4 nitrogen and oxygen atoms in total. The maximum Gasteiger partial charge on any atom is 2.00 e. The summed E-state index contributed by atoms with van der Waals surface area (Å²) >= 11 is 5.62. The van der Waals surface area contributed by atoms with Gasteiger partial charge in [0.05, 0.1) is 0 Å². The fraction of sp³-hybridized carbons (Fsp3) is 0.167. The summed E-state index contributed by atoms with van der Waals surface area (Å²) in [4.78, 5) is 23.7. The Hall–Kier alpha value is -1.33. The van der Waals surface area contributed by atoms with Gasteiger partial charge in [0.15, 0.2) is 0 Å². The van der Waals surface area contributed by atoms with Gasteiger partial charge in [0.25, 0.3) is 0 Å². The van der Waals surface area contributed by atoms with Gasteiger partial charge in [-0.15, -0.1) is 17.7 Å². The Labute approximate surface area is 136 Å². The van der Waals surface area contributed by atoms with Crippen LogP contribution in [-0.4, -0.2) is 9.13 Å². The van der Waals surface area contributed by atoms with Crippen molar-refractivity contribution in [1.29, 1.82) is 0 Å². The Balaban J connectivity index is 0.00000220. The van der Waals surface area contributed by atoms with E-state index >= 15 is 0 Å². The third-order valence-electron chi connectivity index (χ3n) is 2.63. The van der Waals surface area contributed by atoms with Crippen LogP contribution in [0, 0.1) is 6.07 Å². The van der Waals surface area contributed by atoms with Crippen molar-refractivity contribution in [1.82, 2.24) is 9.13 Å². The van der Waals surface area contributed by atoms with Gasteiger partial charge >= 0.3 is 32.9 Å². The molecule has 9 heteroatoms. The van der Waals surface area contributed by atoms with Gasteiger partial charge in [-0.05, 0) is 0 Å². The van der Waals surface area contributed by atoms with E-state index in [0.29, 0.717) is 15.2 Å². The molecule has 21 heavy (non-hydrogen) atoms. The van der Waals surface area contributed by atoms with E-state index in [2.05, 4.69) is 6.07 Å². The molecule has 1 aromatic heterocycles. The molecule has 0 aliphatic carbocycles. The molecular formula is C12H7ClF3N2O2W+. The maximum absolute atomic E-state index is 12.7. The first kappa shape index (κ1) is 17.7. The van der Waals surface area contributed by atoms with E-state index in [9.17, 15) is 22.8 Å². The molecule has 2 rings (SSSR count). The SMILES string of the molecule is Cn1c(C(F)(F)F)cc(=O)n(-c2c[c-]c(Cl)cc2)c1=O.[W+2]. The summed E-state index contributed by atoms with van der Waals surface area (Å²) in [5.74, 6) is 0. The second kappa shape index (κ2) is 6.20. The summed E-state index contributed by atoms with van der Waals surface area (Å²) in [5.41, 5.74) is -3.38. The molecule has 1 aromatic carbocycles. The molecule has 0 saturated heterocycles. The summed E-state index contributed by atoms with van der Waals surface area (Å²) in [6, 6.07) is 6.89. The van der Waals surface area contributed by atoms with Gasteiger partial charge in [0.1, 0.15) is 5.69 Å². The first-order chi connectivity index (χ1) is 9.21. The van der Waals surface area contributed by atoms with E-state index in [1.54, 1.807) is 0 Å². The van der Waals surface area contributed by atoms with Crippen LogP contribution in [-0.2, 0) is 34.3 Å². The van der Waals surface area contributed by atoms with E-state index in [1.165, 1.54) is 18.2 Å². The Kier molecular flexibility index (Phi) is 5.23. The average Bonchev–Trinajstić information content (AvgIpc) is 2.35. The van der Waals surface area contributed by atoms with Crippen LogP contribution in [0.25, 0.3) is 5.69 Å². The molecule has 0 N–H and O–H groups in total. The van der Waals surface area contributed by atoms with Gasteiger partial charge in [0.2, 0.25) is 5.56 Å². The van der Waals surface area contributed by atoms with Gasteiger partial charge in [-0.2, -0.15) is 31.4 Å². The molecule has 2 aromatic rings. The Morgan fingerprint density at radius 3 is 2.33 bits per heavy atom. The summed E-state index contributed by atoms with van der Waals surface area (Å²) in [6.45, 7) is 0. The largest absolute Gasteiger partial charge is 2.00 e. The van der Waals surface area contributed by atoms with Crippen molar-refractivity contribution in [2.75, 3.05) is 0 Å². The molecule has 0 saturated carbocycles. The minimum atomic E-state index is -4.78. The van der Waals surface area contributed by atoms with Crippen molar-refractivity contribution in [2.24, 2.45) is 7.05 Å². The number of aromatic nitrogens is 2. The number of hydrogen-bond acceptors (Lipinski definition) is 2. The van der Waals surface area contributed by atoms with Crippen LogP contribution in [0.1, 0.15) is 5.69 Å². The monoisotopic (exact) mass is 487 g/mol. The fourth-order valence-electron chi connectivity index (χ4n) is 1.67. The number of nitrogens with zero attached hydrogens (tertiary/aromatic N) is 2. The van der Waals surface area contributed by atoms with Crippen molar-refractivity contribution in [3.8, 4) is 5.69 Å². The number of rotatable bonds is 1. The molecule has 0 spiro atoms. The Morgan fingerprint density at radius 2 is 1.86 bits per heavy atom. The van der Waals surface area contributed by atoms with Crippen molar-refractivity contribution < 1.29 is 34.2 Å². The predicted octanol–water partition coefficient (Wildman–Crippen LogP) is 2.01. The molecule has 110 valence electrons. The van der Waals surface area contributed by atoms with Crippen LogP contribution >= 0.6 is 11.6 Å². The van der Waals surface area contributed by atoms with E-state index < -0.39 is 23.1 Å². The standard InChI is InChI=1S/C12H7ClF3N2O2.W/c1-17-9(12(14,15)16)6-10(19)18(11(17)20)8-4-2-7(13)3-5-8;/h2,4-6H,1H3;/q-1;+2. The van der Waals surface area contributed by atoms with E-state index in [-0.39, 0.29) is 31.8 Å². The van der Waals surface area contributed by atoms with Gasteiger partial charge in [0, 0.05) is 13.1 Å². The van der Waals surface area contributed by atoms with Gasteiger partial charge in [-0.3, -0.25) is 13.9 Å². The minimum absolute atomic E-state index is 0. The predicted molar refractivity (Wildman–Crippen MR) is 66.1 cm³/mol. The number of hydrogen-bond donors (Lipinski definition) is 0. The molecule has 0 aliphatic rings.